The van der Waals surface area contributed by atoms with Gasteiger partial charge in [-0.2, -0.15) is 0 Å². The van der Waals surface area contributed by atoms with Crippen LogP contribution in [-0.4, -0.2) is 247 Å². The van der Waals surface area contributed by atoms with Gasteiger partial charge in [-0.05, 0) is 275 Å². The van der Waals surface area contributed by atoms with Gasteiger partial charge < -0.3 is 58.1 Å². The van der Waals surface area contributed by atoms with Crippen molar-refractivity contribution in [2.24, 2.45) is 94.7 Å². The molecular weight excluding hydrogens is 1430 g/mol. The molecule has 12 heteroatoms. The minimum absolute atomic E-state index is 0.510. The molecule has 16 aliphatic rings. The molecule has 8 saturated heterocycles. The average Bonchev–Trinajstić information content (AvgIpc) is 1.70. The lowest BCUT2D eigenvalue weighted by Gasteiger charge is -2.36. The molecule has 0 aromatic heterocycles. The van der Waals surface area contributed by atoms with Gasteiger partial charge in [-0.1, -0.05) is 220 Å². The molecule has 0 aromatic rings. The topological polar surface area (TPSA) is 62.8 Å². The van der Waals surface area contributed by atoms with Crippen molar-refractivity contribution in [1.82, 2.24) is 39.2 Å². The van der Waals surface area contributed by atoms with Gasteiger partial charge in [-0.3, -0.25) is 0 Å². The first-order chi connectivity index (χ1) is 56.4. The number of methoxy groups -OCH3 is 4. The molecular formula is C104H216N8O4. The van der Waals surface area contributed by atoms with Gasteiger partial charge in [0.15, 0.2) is 0 Å². The van der Waals surface area contributed by atoms with E-state index in [0.717, 1.165) is 119 Å². The minimum atomic E-state index is 0.510. The van der Waals surface area contributed by atoms with Crippen molar-refractivity contribution in [1.29, 1.82) is 0 Å². The van der Waals surface area contributed by atoms with Crippen LogP contribution in [-0.2, 0) is 18.9 Å². The van der Waals surface area contributed by atoms with E-state index in [1.54, 1.807) is 0 Å². The van der Waals surface area contributed by atoms with Crippen molar-refractivity contribution in [3.8, 4) is 0 Å². The van der Waals surface area contributed by atoms with Crippen molar-refractivity contribution in [3.63, 3.8) is 0 Å². The zero-order chi connectivity index (χ0) is 87.2. The van der Waals surface area contributed by atoms with E-state index in [0.29, 0.717) is 24.4 Å². The van der Waals surface area contributed by atoms with E-state index < -0.39 is 0 Å². The molecule has 0 bridgehead atoms. The van der Waals surface area contributed by atoms with E-state index in [4.69, 9.17) is 18.9 Å². The van der Waals surface area contributed by atoms with Crippen LogP contribution < -0.4 is 0 Å². The first-order valence-corrected chi connectivity index (χ1v) is 52.4. The fourth-order valence-electron chi connectivity index (χ4n) is 20.0. The van der Waals surface area contributed by atoms with Gasteiger partial charge in [0, 0.05) is 157 Å². The largest absolute Gasteiger partial charge is 0.381 e. The minimum Gasteiger partial charge on any atom is -0.381 e. The third-order valence-corrected chi connectivity index (χ3v) is 28.5. The first-order valence-electron chi connectivity index (χ1n) is 52.4. The molecule has 696 valence electrons. The van der Waals surface area contributed by atoms with E-state index in [1.165, 1.54) is 311 Å². The zero-order valence-corrected chi connectivity index (χ0v) is 85.0. The maximum absolute atomic E-state index is 5.45. The summed E-state index contributed by atoms with van der Waals surface area (Å²) in [7, 11) is 7.38. The second-order valence-corrected chi connectivity index (χ2v) is 37.6. The average molecular weight is 1640 g/mol. The van der Waals surface area contributed by atoms with Crippen LogP contribution in [0.3, 0.4) is 0 Å². The highest BCUT2D eigenvalue weighted by Crippen LogP contribution is 2.40. The van der Waals surface area contributed by atoms with E-state index in [9.17, 15) is 0 Å². The molecule has 16 atom stereocenters. The van der Waals surface area contributed by atoms with E-state index in [-0.39, 0.29) is 0 Å². The molecule has 8 aliphatic heterocycles. The lowest BCUT2D eigenvalue weighted by atomic mass is 9.85. The summed E-state index contributed by atoms with van der Waals surface area (Å²) in [5.74, 6) is 14.9. The maximum atomic E-state index is 5.45. The Kier molecular flexibility index (Phi) is 66.4. The van der Waals surface area contributed by atoms with Crippen LogP contribution >= 0.6 is 0 Å². The number of hydrogen-bond donors (Lipinski definition) is 0. The van der Waals surface area contributed by atoms with E-state index in [2.05, 4.69) is 122 Å². The monoisotopic (exact) mass is 1640 g/mol. The van der Waals surface area contributed by atoms with Gasteiger partial charge >= 0.3 is 0 Å². The van der Waals surface area contributed by atoms with E-state index in [1.807, 2.05) is 139 Å². The Hall–Kier alpha value is -0.480. The van der Waals surface area contributed by atoms with Crippen molar-refractivity contribution in [2.45, 2.75) is 422 Å². The third-order valence-electron chi connectivity index (χ3n) is 28.5. The molecule has 8 saturated carbocycles. The molecule has 116 heavy (non-hydrogen) atoms. The molecule has 12 nitrogen and oxygen atoms in total. The number of hydrogen-bond acceptors (Lipinski definition) is 12. The molecule has 8 aliphatic carbocycles. The van der Waals surface area contributed by atoms with Crippen LogP contribution in [0.25, 0.3) is 0 Å². The number of rotatable bonds is 20. The number of piperidine rings is 8. The Balaban J connectivity index is 0.000000646. The standard InChI is InChI=1S/4C11H21NO.4C11H21N.8C2H6/c4*1-9-7-12(8-10-3-4-10)6-5-11(9)13-2;4*1-3-10-6-7-12(8-9(10)2)11-4-5-11;8*1-2/h4*9-11H,3-8H2,1-2H3;4*9-11H,3-8H2,1-2H3;8*1-2H3/t2*9-,11+;2*9-,11-;2*9-,10+;2*9-,10-;;;;;;;;/m10101010......../s1. The van der Waals surface area contributed by atoms with Crippen LogP contribution in [0.1, 0.15) is 374 Å². The molecule has 0 amide bonds. The highest BCUT2D eigenvalue weighted by Gasteiger charge is 2.40. The van der Waals surface area contributed by atoms with E-state index >= 15 is 0 Å². The lowest BCUT2D eigenvalue weighted by Crippen LogP contribution is -2.43. The normalized spacial score (nSPS) is 32.7. The summed E-state index contributed by atoms with van der Waals surface area (Å²) in [6.45, 7) is 86.8. The number of ether oxygens (including phenoxy) is 4. The molecule has 0 radical (unpaired) electrons. The third kappa shape index (κ3) is 46.7. The predicted molar refractivity (Wildman–Crippen MR) is 514 cm³/mol. The predicted octanol–water partition coefficient (Wildman–Crippen LogP) is 25.3. The second-order valence-electron chi connectivity index (χ2n) is 37.6. The SMILES string of the molecule is CC.CC.CC.CC.CC.CC.CC.CC.CC[C@@H]1CCN(C2CC2)C[C@@H]1C.CC[C@@H]1CCN(C2CC2)C[C@H]1C.CC[C@H]1CCN(C2CC2)C[C@@H]1C.CC[C@H]1CCN(C2CC2)C[C@H]1C.CO[C@@H]1CCN(CC2CC2)C[C@@H]1C.CO[C@@H]1CCN(CC2CC2)C[C@H]1C.CO[C@H]1CCN(CC2CC2)C[C@@H]1C.CO[C@H]1CCN(CC2CC2)C[C@H]1C. The summed E-state index contributed by atoms with van der Waals surface area (Å²) >= 11 is 0. The van der Waals surface area contributed by atoms with Crippen LogP contribution in [0, 0.1) is 94.7 Å². The summed E-state index contributed by atoms with van der Waals surface area (Å²) < 4.78 is 21.8. The molecule has 16 fully saturated rings. The quantitative estimate of drug-likeness (QED) is 0.117. The summed E-state index contributed by atoms with van der Waals surface area (Å²) in [5.41, 5.74) is 0. The Morgan fingerprint density at radius 3 is 0.474 bits per heavy atom. The Morgan fingerprint density at radius 1 is 0.198 bits per heavy atom. The number of likely N-dealkylation sites (tertiary alicyclic amines) is 8. The van der Waals surface area contributed by atoms with Gasteiger partial charge in [0.2, 0.25) is 0 Å². The zero-order valence-electron chi connectivity index (χ0n) is 85.0. The van der Waals surface area contributed by atoms with Crippen LogP contribution in [0.2, 0.25) is 0 Å². The molecule has 8 heterocycles. The first kappa shape index (κ1) is 114. The highest BCUT2D eigenvalue weighted by molar-refractivity contribution is 4.94. The molecule has 0 aromatic carbocycles. The lowest BCUT2D eigenvalue weighted by molar-refractivity contribution is -0.000577. The summed E-state index contributed by atoms with van der Waals surface area (Å²) in [6.07, 6.45) is 41.9. The van der Waals surface area contributed by atoms with Gasteiger partial charge in [-0.15, -0.1) is 0 Å². The van der Waals surface area contributed by atoms with Crippen LogP contribution in [0.15, 0.2) is 0 Å². The molecule has 0 spiro atoms. The van der Waals surface area contributed by atoms with Crippen molar-refractivity contribution < 1.29 is 18.9 Å². The van der Waals surface area contributed by atoms with Crippen molar-refractivity contribution in [3.05, 3.63) is 0 Å². The van der Waals surface area contributed by atoms with Gasteiger partial charge in [-0.25, -0.2) is 0 Å². The van der Waals surface area contributed by atoms with Crippen molar-refractivity contribution in [2.75, 3.05) is 159 Å². The van der Waals surface area contributed by atoms with Crippen LogP contribution in [0.4, 0.5) is 0 Å². The highest BCUT2D eigenvalue weighted by atomic mass is 16.5. The Morgan fingerprint density at radius 2 is 0.362 bits per heavy atom. The molecule has 16 rings (SSSR count). The Bertz CT molecular complexity index is 1870. The Labute approximate surface area is 730 Å². The summed E-state index contributed by atoms with van der Waals surface area (Å²) in [5, 5.41) is 0. The fourth-order valence-corrected chi connectivity index (χ4v) is 20.0. The number of nitrogens with zero attached hydrogens (tertiary/aromatic N) is 8. The van der Waals surface area contributed by atoms with Gasteiger partial charge in [0.1, 0.15) is 0 Å². The fraction of sp³-hybridized carbons (Fsp3) is 1.00. The van der Waals surface area contributed by atoms with Gasteiger partial charge in [0.05, 0.1) is 24.4 Å². The smallest absolute Gasteiger partial charge is 0.0621 e. The summed E-state index contributed by atoms with van der Waals surface area (Å²) in [4.78, 5) is 21.4. The van der Waals surface area contributed by atoms with Crippen molar-refractivity contribution >= 4 is 0 Å². The maximum Gasteiger partial charge on any atom is 0.0621 e. The second kappa shape index (κ2) is 67.8. The van der Waals surface area contributed by atoms with Crippen LogP contribution in [0.5, 0.6) is 0 Å². The summed E-state index contributed by atoms with van der Waals surface area (Å²) in [6, 6.07) is 3.96. The molecule has 0 unspecified atom stereocenters. The molecule has 0 N–H and O–H groups in total. The van der Waals surface area contributed by atoms with Gasteiger partial charge in [0.25, 0.3) is 0 Å².